The summed E-state index contributed by atoms with van der Waals surface area (Å²) in [6.45, 7) is 2.47. The number of aryl methyl sites for hydroxylation is 1. The van der Waals surface area contributed by atoms with Crippen LogP contribution in [0.3, 0.4) is 0 Å². The van der Waals surface area contributed by atoms with E-state index >= 15 is 0 Å². The molecule has 114 valence electrons. The first-order valence-electron chi connectivity index (χ1n) is 6.75. The molecule has 0 aliphatic carbocycles. The van der Waals surface area contributed by atoms with E-state index in [0.717, 1.165) is 18.4 Å². The number of benzene rings is 1. The summed E-state index contributed by atoms with van der Waals surface area (Å²) in [7, 11) is -2.06. The number of nitrogens with zero attached hydrogens (tertiary/aromatic N) is 1. The van der Waals surface area contributed by atoms with Gasteiger partial charge in [-0.3, -0.25) is 0 Å². The van der Waals surface area contributed by atoms with Crippen LogP contribution in [0.1, 0.15) is 18.9 Å². The van der Waals surface area contributed by atoms with E-state index in [9.17, 15) is 8.42 Å². The molecular formula is C14H23NO4S. The van der Waals surface area contributed by atoms with E-state index in [-0.39, 0.29) is 24.6 Å². The van der Waals surface area contributed by atoms with Gasteiger partial charge in [-0.1, -0.05) is 25.5 Å². The van der Waals surface area contributed by atoms with Gasteiger partial charge < -0.3 is 9.84 Å². The Hall–Kier alpha value is -0.950. The highest BCUT2D eigenvalue weighted by molar-refractivity contribution is 7.89. The lowest BCUT2D eigenvalue weighted by Gasteiger charge is -2.21. The second-order valence-corrected chi connectivity index (χ2v) is 6.45. The molecule has 0 aliphatic heterocycles. The minimum Gasteiger partial charge on any atom is -0.395 e. The molecule has 1 aromatic carbocycles. The third kappa shape index (κ3) is 4.56. The molecule has 1 aromatic rings. The maximum atomic E-state index is 12.5. The monoisotopic (exact) mass is 301 g/mol. The van der Waals surface area contributed by atoms with Gasteiger partial charge in [0.15, 0.2) is 0 Å². The summed E-state index contributed by atoms with van der Waals surface area (Å²) in [6, 6.07) is 6.92. The van der Waals surface area contributed by atoms with Crippen LogP contribution in [0.4, 0.5) is 0 Å². The summed E-state index contributed by atoms with van der Waals surface area (Å²) in [4.78, 5) is 0.252. The molecule has 6 heteroatoms. The third-order valence-electron chi connectivity index (χ3n) is 2.99. The van der Waals surface area contributed by atoms with Crippen molar-refractivity contribution >= 4 is 10.0 Å². The molecule has 0 aromatic heterocycles. The van der Waals surface area contributed by atoms with E-state index in [1.165, 1.54) is 11.4 Å². The van der Waals surface area contributed by atoms with E-state index in [1.807, 2.05) is 12.1 Å². The molecule has 20 heavy (non-hydrogen) atoms. The lowest BCUT2D eigenvalue weighted by molar-refractivity contribution is 0.168. The van der Waals surface area contributed by atoms with E-state index in [4.69, 9.17) is 9.84 Å². The van der Waals surface area contributed by atoms with Crippen molar-refractivity contribution in [1.82, 2.24) is 4.31 Å². The maximum absolute atomic E-state index is 12.5. The highest BCUT2D eigenvalue weighted by Gasteiger charge is 2.23. The van der Waals surface area contributed by atoms with Crippen molar-refractivity contribution in [3.05, 3.63) is 29.8 Å². The lowest BCUT2D eigenvalue weighted by Crippen LogP contribution is -2.36. The number of sulfonamides is 1. The van der Waals surface area contributed by atoms with Crippen molar-refractivity contribution in [1.29, 1.82) is 0 Å². The minimum absolute atomic E-state index is 0.0718. The first-order valence-corrected chi connectivity index (χ1v) is 8.19. The van der Waals surface area contributed by atoms with Crippen LogP contribution >= 0.6 is 0 Å². The van der Waals surface area contributed by atoms with Crippen LogP contribution in [0.5, 0.6) is 0 Å². The second-order valence-electron chi connectivity index (χ2n) is 4.51. The van der Waals surface area contributed by atoms with E-state index < -0.39 is 10.0 Å². The number of aliphatic hydroxyl groups excluding tert-OH is 1. The molecule has 1 rings (SSSR count). The van der Waals surface area contributed by atoms with Gasteiger partial charge in [-0.2, -0.15) is 4.31 Å². The molecule has 0 radical (unpaired) electrons. The maximum Gasteiger partial charge on any atom is 0.243 e. The summed E-state index contributed by atoms with van der Waals surface area (Å²) >= 11 is 0. The molecule has 0 amide bonds. The summed E-state index contributed by atoms with van der Waals surface area (Å²) in [5.41, 5.74) is 1.12. The Bertz CT molecular complexity index is 484. The Morgan fingerprint density at radius 3 is 2.35 bits per heavy atom. The quantitative estimate of drug-likeness (QED) is 0.746. The van der Waals surface area contributed by atoms with Gasteiger partial charge in [0.2, 0.25) is 10.0 Å². The number of rotatable bonds is 9. The molecule has 0 atom stereocenters. The Balaban J connectivity index is 2.93. The molecule has 0 heterocycles. The Morgan fingerprint density at radius 1 is 1.20 bits per heavy atom. The van der Waals surface area contributed by atoms with Crippen LogP contribution in [0, 0.1) is 0 Å². The summed E-state index contributed by atoms with van der Waals surface area (Å²) < 4.78 is 31.1. The van der Waals surface area contributed by atoms with Gasteiger partial charge in [0, 0.05) is 20.2 Å². The number of hydrogen-bond acceptors (Lipinski definition) is 4. The van der Waals surface area contributed by atoms with E-state index in [0.29, 0.717) is 6.61 Å². The molecule has 1 N–H and O–H groups in total. The molecule has 0 bridgehead atoms. The zero-order valence-corrected chi connectivity index (χ0v) is 12.9. The van der Waals surface area contributed by atoms with Crippen molar-refractivity contribution in [2.75, 3.05) is 33.4 Å². The summed E-state index contributed by atoms with van der Waals surface area (Å²) in [5, 5.41) is 9.01. The van der Waals surface area contributed by atoms with Crippen molar-refractivity contribution in [2.45, 2.75) is 24.7 Å². The lowest BCUT2D eigenvalue weighted by atomic mass is 10.1. The normalized spacial score (nSPS) is 12.0. The Labute approximate surface area is 121 Å². The predicted molar refractivity (Wildman–Crippen MR) is 78.2 cm³/mol. The number of hydrogen-bond donors (Lipinski definition) is 1. The molecule has 0 unspecified atom stereocenters. The van der Waals surface area contributed by atoms with Crippen LogP contribution in [-0.2, 0) is 21.2 Å². The highest BCUT2D eigenvalue weighted by Crippen LogP contribution is 2.16. The van der Waals surface area contributed by atoms with Gasteiger partial charge in [-0.15, -0.1) is 0 Å². The smallest absolute Gasteiger partial charge is 0.243 e. The molecule has 0 fully saturated rings. The fraction of sp³-hybridized carbons (Fsp3) is 0.571. The molecule has 0 saturated heterocycles. The van der Waals surface area contributed by atoms with Gasteiger partial charge in [0.25, 0.3) is 0 Å². The molecule has 0 aliphatic rings. The third-order valence-corrected chi connectivity index (χ3v) is 4.91. The van der Waals surface area contributed by atoms with Gasteiger partial charge in [0.1, 0.15) is 0 Å². The Kier molecular flexibility index (Phi) is 7.15. The van der Waals surface area contributed by atoms with Gasteiger partial charge in [0.05, 0.1) is 18.1 Å². The van der Waals surface area contributed by atoms with Gasteiger partial charge >= 0.3 is 0 Å². The van der Waals surface area contributed by atoms with Crippen molar-refractivity contribution < 1.29 is 18.3 Å². The fourth-order valence-electron chi connectivity index (χ4n) is 1.92. The highest BCUT2D eigenvalue weighted by atomic mass is 32.2. The van der Waals surface area contributed by atoms with Crippen LogP contribution < -0.4 is 0 Å². The van der Waals surface area contributed by atoms with Crippen LogP contribution in [0.25, 0.3) is 0 Å². The number of methoxy groups -OCH3 is 1. The van der Waals surface area contributed by atoms with Gasteiger partial charge in [-0.05, 0) is 24.1 Å². The first kappa shape index (κ1) is 17.1. The molecular weight excluding hydrogens is 278 g/mol. The molecule has 5 nitrogen and oxygen atoms in total. The summed E-state index contributed by atoms with van der Waals surface area (Å²) in [6.07, 6.45) is 1.96. The largest absolute Gasteiger partial charge is 0.395 e. The Morgan fingerprint density at radius 2 is 1.85 bits per heavy atom. The van der Waals surface area contributed by atoms with E-state index in [1.54, 1.807) is 12.1 Å². The van der Waals surface area contributed by atoms with Crippen LogP contribution in [0.2, 0.25) is 0 Å². The fourth-order valence-corrected chi connectivity index (χ4v) is 3.34. The predicted octanol–water partition coefficient (Wildman–Crippen LogP) is 1.27. The first-order chi connectivity index (χ1) is 9.56. The minimum atomic E-state index is -3.57. The molecule has 0 spiro atoms. The topological polar surface area (TPSA) is 66.8 Å². The summed E-state index contributed by atoms with van der Waals surface area (Å²) in [5.74, 6) is 0. The van der Waals surface area contributed by atoms with Crippen molar-refractivity contribution in [3.63, 3.8) is 0 Å². The zero-order valence-electron chi connectivity index (χ0n) is 12.1. The zero-order chi connectivity index (χ0) is 15.0. The van der Waals surface area contributed by atoms with Gasteiger partial charge in [-0.25, -0.2) is 8.42 Å². The van der Waals surface area contributed by atoms with Crippen LogP contribution in [0.15, 0.2) is 29.2 Å². The van der Waals surface area contributed by atoms with E-state index in [2.05, 4.69) is 6.92 Å². The second kappa shape index (κ2) is 8.36. The average molecular weight is 301 g/mol. The van der Waals surface area contributed by atoms with Crippen LogP contribution in [-0.4, -0.2) is 51.2 Å². The standard InChI is InChI=1S/C14H23NO4S/c1-3-4-13-5-7-14(8-6-13)20(17,18)15(9-11-16)10-12-19-2/h5-8,16H,3-4,9-12H2,1-2H3. The SMILES string of the molecule is CCCc1ccc(S(=O)(=O)N(CCO)CCOC)cc1. The average Bonchev–Trinajstić information content (AvgIpc) is 2.44. The number of aliphatic hydroxyl groups is 1. The van der Waals surface area contributed by atoms with Crippen molar-refractivity contribution in [2.24, 2.45) is 0 Å². The number of ether oxygens (including phenoxy) is 1. The van der Waals surface area contributed by atoms with Crippen molar-refractivity contribution in [3.8, 4) is 0 Å². The molecule has 0 saturated carbocycles.